The summed E-state index contributed by atoms with van der Waals surface area (Å²) in [6.45, 7) is 3.43. The molecule has 0 aliphatic rings. The molecule has 0 atom stereocenters. The van der Waals surface area contributed by atoms with Gasteiger partial charge < -0.3 is 0 Å². The van der Waals surface area contributed by atoms with E-state index in [-0.39, 0.29) is 0 Å². The first kappa shape index (κ1) is 3.98. The van der Waals surface area contributed by atoms with Crippen LogP contribution in [0, 0.1) is 0 Å². The van der Waals surface area contributed by atoms with Crippen LogP contribution in [0.2, 0.25) is 0 Å². The first-order valence-electron chi connectivity index (χ1n) is 1.79. The molecule has 0 saturated heterocycles. The van der Waals surface area contributed by atoms with Gasteiger partial charge in [0.05, 0.1) is 0 Å². The lowest BCUT2D eigenvalue weighted by Crippen LogP contribution is -1.70. The molecule has 1 N–H and O–H groups in total. The molecule has 36 valence electrons. The van der Waals surface area contributed by atoms with E-state index in [0.29, 0.717) is 5.82 Å². The van der Waals surface area contributed by atoms with Gasteiger partial charge in [0.25, 0.3) is 0 Å². The molecule has 0 fully saturated rings. The summed E-state index contributed by atoms with van der Waals surface area (Å²) in [6, 6.07) is 0. The van der Waals surface area contributed by atoms with Crippen LogP contribution in [0.1, 0.15) is 5.82 Å². The van der Waals surface area contributed by atoms with E-state index in [1.807, 2.05) is 0 Å². The van der Waals surface area contributed by atoms with Gasteiger partial charge in [-0.1, -0.05) is 6.58 Å². The molecular formula is C3H4N4. The van der Waals surface area contributed by atoms with Crippen molar-refractivity contribution in [1.82, 2.24) is 20.6 Å². The van der Waals surface area contributed by atoms with Gasteiger partial charge in [0.15, 0.2) is 5.82 Å². The highest BCUT2D eigenvalue weighted by Gasteiger charge is 1.81. The molecule has 0 aliphatic carbocycles. The van der Waals surface area contributed by atoms with Crippen LogP contribution in [-0.2, 0) is 0 Å². The number of hydrogen-bond donors (Lipinski definition) is 1. The Morgan fingerprint density at radius 3 is 2.86 bits per heavy atom. The molecule has 0 radical (unpaired) electrons. The zero-order valence-electron chi connectivity index (χ0n) is 3.63. The second-order valence-electron chi connectivity index (χ2n) is 0.991. The summed E-state index contributed by atoms with van der Waals surface area (Å²) in [6.07, 6.45) is 1.54. The van der Waals surface area contributed by atoms with Crippen molar-refractivity contribution in [2.24, 2.45) is 0 Å². The second-order valence-corrected chi connectivity index (χ2v) is 0.991. The summed E-state index contributed by atoms with van der Waals surface area (Å²) in [5.41, 5.74) is 0. The van der Waals surface area contributed by atoms with Crippen LogP contribution in [0.4, 0.5) is 0 Å². The molecule has 1 rings (SSSR count). The predicted octanol–water partition coefficient (Wildman–Crippen LogP) is -0.157. The Morgan fingerprint density at radius 2 is 2.57 bits per heavy atom. The summed E-state index contributed by atoms with van der Waals surface area (Å²) in [4.78, 5) is 0. The molecule has 0 unspecified atom stereocenters. The molecule has 0 bridgehead atoms. The number of nitrogens with one attached hydrogen (secondary N) is 1. The maximum Gasteiger partial charge on any atom is 0.171 e. The van der Waals surface area contributed by atoms with Gasteiger partial charge in [0.1, 0.15) is 0 Å². The number of nitrogens with zero attached hydrogens (tertiary/aromatic N) is 3. The van der Waals surface area contributed by atoms with Gasteiger partial charge in [-0.3, -0.25) is 0 Å². The average molecular weight is 96.1 g/mol. The molecule has 0 aromatic carbocycles. The standard InChI is InChI=1S/C3H4N4/c1-2-3-4-6-7-5-3/h2H,1H2,(H,4,5,6,7). The minimum absolute atomic E-state index is 0.597. The molecule has 0 spiro atoms. The highest BCUT2D eigenvalue weighted by atomic mass is 15.5. The molecule has 1 aromatic heterocycles. The predicted molar refractivity (Wildman–Crippen MR) is 24.3 cm³/mol. The second kappa shape index (κ2) is 1.51. The Morgan fingerprint density at radius 1 is 1.71 bits per heavy atom. The summed E-state index contributed by atoms with van der Waals surface area (Å²) < 4.78 is 0. The Bertz CT molecular complexity index is 142. The minimum atomic E-state index is 0.597. The average Bonchev–Trinajstić information content (AvgIpc) is 2.14. The van der Waals surface area contributed by atoms with Gasteiger partial charge in [-0.25, -0.2) is 5.10 Å². The highest BCUT2D eigenvalue weighted by Crippen LogP contribution is 1.79. The van der Waals surface area contributed by atoms with E-state index in [1.54, 1.807) is 6.08 Å². The Balaban J connectivity index is 2.96. The monoisotopic (exact) mass is 96.0 g/mol. The van der Waals surface area contributed by atoms with Crippen molar-refractivity contribution in [3.63, 3.8) is 0 Å². The van der Waals surface area contributed by atoms with Crippen LogP contribution in [0.25, 0.3) is 6.08 Å². The molecule has 1 aromatic rings. The fourth-order valence-corrected chi connectivity index (χ4v) is 0.253. The quantitative estimate of drug-likeness (QED) is 0.528. The molecule has 4 nitrogen and oxygen atoms in total. The molecular weight excluding hydrogens is 92.1 g/mol. The Labute approximate surface area is 40.2 Å². The number of rotatable bonds is 1. The van der Waals surface area contributed by atoms with Crippen molar-refractivity contribution >= 4 is 6.08 Å². The van der Waals surface area contributed by atoms with Crippen molar-refractivity contribution in [1.29, 1.82) is 0 Å². The summed E-state index contributed by atoms with van der Waals surface area (Å²) in [7, 11) is 0. The SMILES string of the molecule is C=Cc1nnn[nH]1. The van der Waals surface area contributed by atoms with Gasteiger partial charge >= 0.3 is 0 Å². The van der Waals surface area contributed by atoms with E-state index in [1.165, 1.54) is 0 Å². The topological polar surface area (TPSA) is 54.5 Å². The van der Waals surface area contributed by atoms with Crippen molar-refractivity contribution in [3.05, 3.63) is 12.4 Å². The zero-order chi connectivity index (χ0) is 5.11. The molecule has 0 amide bonds. The minimum Gasteiger partial charge on any atom is -0.239 e. The molecule has 0 saturated carbocycles. The van der Waals surface area contributed by atoms with Crippen LogP contribution in [0.15, 0.2) is 6.58 Å². The number of tetrazole rings is 1. The fraction of sp³-hybridized carbons (Fsp3) is 0. The summed E-state index contributed by atoms with van der Waals surface area (Å²) in [5, 5.41) is 12.6. The van der Waals surface area contributed by atoms with Gasteiger partial charge in [0, 0.05) is 0 Å². The maximum atomic E-state index is 3.50. The zero-order valence-corrected chi connectivity index (χ0v) is 3.63. The number of aromatic nitrogens is 4. The van der Waals surface area contributed by atoms with E-state index < -0.39 is 0 Å². The third-order valence-corrected chi connectivity index (χ3v) is 0.555. The number of H-pyrrole nitrogens is 1. The van der Waals surface area contributed by atoms with Gasteiger partial charge in [-0.15, -0.1) is 5.10 Å². The first-order chi connectivity index (χ1) is 3.43. The van der Waals surface area contributed by atoms with E-state index >= 15 is 0 Å². The smallest absolute Gasteiger partial charge is 0.171 e. The van der Waals surface area contributed by atoms with Crippen LogP contribution >= 0.6 is 0 Å². The third kappa shape index (κ3) is 0.623. The Hall–Kier alpha value is -1.19. The van der Waals surface area contributed by atoms with Gasteiger partial charge in [0.2, 0.25) is 0 Å². The van der Waals surface area contributed by atoms with Crippen molar-refractivity contribution in [3.8, 4) is 0 Å². The van der Waals surface area contributed by atoms with E-state index in [9.17, 15) is 0 Å². The number of hydrogen-bond acceptors (Lipinski definition) is 3. The van der Waals surface area contributed by atoms with E-state index in [4.69, 9.17) is 0 Å². The van der Waals surface area contributed by atoms with Crippen LogP contribution in [0.3, 0.4) is 0 Å². The normalized spacial score (nSPS) is 8.57. The van der Waals surface area contributed by atoms with E-state index in [2.05, 4.69) is 27.2 Å². The summed E-state index contributed by atoms with van der Waals surface area (Å²) in [5.74, 6) is 0.597. The number of aromatic amines is 1. The van der Waals surface area contributed by atoms with Crippen molar-refractivity contribution < 1.29 is 0 Å². The lowest BCUT2D eigenvalue weighted by atomic mass is 10.6. The lowest BCUT2D eigenvalue weighted by molar-refractivity contribution is 0.881. The largest absolute Gasteiger partial charge is 0.239 e. The van der Waals surface area contributed by atoms with E-state index in [0.717, 1.165) is 0 Å². The summed E-state index contributed by atoms with van der Waals surface area (Å²) >= 11 is 0. The third-order valence-electron chi connectivity index (χ3n) is 0.555. The molecule has 7 heavy (non-hydrogen) atoms. The molecule has 4 heteroatoms. The van der Waals surface area contributed by atoms with Crippen molar-refractivity contribution in [2.45, 2.75) is 0 Å². The molecule has 1 heterocycles. The first-order valence-corrected chi connectivity index (χ1v) is 1.79. The fourth-order valence-electron chi connectivity index (χ4n) is 0.253. The Kier molecular flexibility index (Phi) is 0.856. The maximum absolute atomic E-state index is 3.50. The molecule has 0 aliphatic heterocycles. The van der Waals surface area contributed by atoms with Gasteiger partial charge in [-0.05, 0) is 16.5 Å². The highest BCUT2D eigenvalue weighted by molar-refractivity contribution is 5.33. The van der Waals surface area contributed by atoms with Crippen molar-refractivity contribution in [2.75, 3.05) is 0 Å². The van der Waals surface area contributed by atoms with Crippen LogP contribution in [0.5, 0.6) is 0 Å². The lowest BCUT2D eigenvalue weighted by Gasteiger charge is -1.67. The van der Waals surface area contributed by atoms with Gasteiger partial charge in [-0.2, -0.15) is 0 Å². The van der Waals surface area contributed by atoms with Crippen LogP contribution in [-0.4, -0.2) is 20.6 Å². The van der Waals surface area contributed by atoms with Crippen LogP contribution < -0.4 is 0 Å².